The zero-order chi connectivity index (χ0) is 27.1. The predicted octanol–water partition coefficient (Wildman–Crippen LogP) is 3.73. The highest BCUT2D eigenvalue weighted by Gasteiger charge is 2.51. The molecule has 2 aliphatic rings. The lowest BCUT2D eigenvalue weighted by Gasteiger charge is -2.32. The van der Waals surface area contributed by atoms with Crippen LogP contribution in [0.4, 0.5) is 4.79 Å². The maximum absolute atomic E-state index is 13.4. The zero-order valence-corrected chi connectivity index (χ0v) is 23.2. The standard InChI is InChI=1S/C27H39BN4O5/c1-16(2)22(31-25(34)35-8)24(33)32-13-9-10-21(32)23-29-15-20(30-23)19-12-11-18(14-17(19)3)28-36-26(4,5)27(6,7)37-28/h11-12,14-16,21-22H,9-10,13H2,1-8H3,(H,29,30)(H,31,34)/t21-,22-/m0/s1. The first-order valence-corrected chi connectivity index (χ1v) is 13.0. The normalized spacial score (nSPS) is 21.4. The number of nitrogens with one attached hydrogen (secondary N) is 2. The Hall–Kier alpha value is -2.85. The van der Waals surface area contributed by atoms with E-state index in [1.165, 1.54) is 7.11 Å². The smallest absolute Gasteiger partial charge is 0.453 e. The summed E-state index contributed by atoms with van der Waals surface area (Å²) in [6.45, 7) is 14.7. The van der Waals surface area contributed by atoms with Gasteiger partial charge in [0.25, 0.3) is 0 Å². The van der Waals surface area contributed by atoms with Gasteiger partial charge in [-0.15, -0.1) is 0 Å². The van der Waals surface area contributed by atoms with Crippen LogP contribution in [-0.2, 0) is 18.8 Å². The fourth-order valence-corrected chi connectivity index (χ4v) is 4.95. The Labute approximate surface area is 219 Å². The Morgan fingerprint density at radius 2 is 1.89 bits per heavy atom. The Morgan fingerprint density at radius 1 is 1.22 bits per heavy atom. The van der Waals surface area contributed by atoms with Crippen LogP contribution in [0.5, 0.6) is 0 Å². The van der Waals surface area contributed by atoms with E-state index >= 15 is 0 Å². The minimum absolute atomic E-state index is 0.0786. The lowest BCUT2D eigenvalue weighted by atomic mass is 9.77. The van der Waals surface area contributed by atoms with Crippen LogP contribution in [-0.4, -0.2) is 64.9 Å². The number of alkyl carbamates (subject to hydrolysis) is 1. The molecule has 2 fully saturated rings. The lowest BCUT2D eigenvalue weighted by Crippen LogP contribution is -2.51. The number of aromatic nitrogens is 2. The second kappa shape index (κ2) is 10.1. The average Bonchev–Trinajstić information content (AvgIpc) is 3.54. The first kappa shape index (κ1) is 27.2. The van der Waals surface area contributed by atoms with E-state index < -0.39 is 30.5 Å². The molecule has 0 bridgehead atoms. The van der Waals surface area contributed by atoms with Crippen LogP contribution in [0.2, 0.25) is 0 Å². The van der Waals surface area contributed by atoms with Gasteiger partial charge >= 0.3 is 13.2 Å². The number of ether oxygens (including phenoxy) is 1. The Kier molecular flexibility index (Phi) is 7.45. The number of benzene rings is 1. The van der Waals surface area contributed by atoms with Crippen LogP contribution >= 0.6 is 0 Å². The van der Waals surface area contributed by atoms with Gasteiger partial charge in [0.05, 0.1) is 36.2 Å². The number of aryl methyl sites for hydroxylation is 1. The summed E-state index contributed by atoms with van der Waals surface area (Å²) in [5, 5.41) is 2.69. The Morgan fingerprint density at radius 3 is 2.49 bits per heavy atom. The minimum atomic E-state index is -0.660. The number of aromatic amines is 1. The van der Waals surface area contributed by atoms with Crippen LogP contribution in [0.25, 0.3) is 11.3 Å². The summed E-state index contributed by atoms with van der Waals surface area (Å²) >= 11 is 0. The molecule has 0 aliphatic carbocycles. The van der Waals surface area contributed by atoms with Gasteiger partial charge in [-0.05, 0) is 64.4 Å². The molecular weight excluding hydrogens is 471 g/mol. The first-order valence-electron chi connectivity index (χ1n) is 13.0. The highest BCUT2D eigenvalue weighted by Crippen LogP contribution is 2.37. The molecule has 2 saturated heterocycles. The molecule has 1 aromatic carbocycles. The molecule has 0 radical (unpaired) electrons. The third kappa shape index (κ3) is 5.27. The van der Waals surface area contributed by atoms with Gasteiger partial charge in [0, 0.05) is 12.1 Å². The third-order valence-corrected chi connectivity index (χ3v) is 7.90. The average molecular weight is 510 g/mol. The van der Waals surface area contributed by atoms with Gasteiger partial charge in [0.1, 0.15) is 11.9 Å². The molecule has 2 atom stereocenters. The third-order valence-electron chi connectivity index (χ3n) is 7.90. The molecule has 2 amide bonds. The number of carbonyl (C=O) groups excluding carboxylic acids is 2. The maximum atomic E-state index is 13.4. The van der Waals surface area contributed by atoms with Crippen molar-refractivity contribution in [1.29, 1.82) is 0 Å². The van der Waals surface area contributed by atoms with E-state index in [1.54, 1.807) is 0 Å². The van der Waals surface area contributed by atoms with E-state index in [9.17, 15) is 9.59 Å². The summed E-state index contributed by atoms with van der Waals surface area (Å²) in [5.74, 6) is 0.546. The number of rotatable bonds is 6. The van der Waals surface area contributed by atoms with E-state index in [2.05, 4.69) is 34.3 Å². The second-order valence-electron chi connectivity index (χ2n) is 11.4. The molecule has 2 aliphatic heterocycles. The number of amides is 2. The van der Waals surface area contributed by atoms with Crippen molar-refractivity contribution in [3.63, 3.8) is 0 Å². The molecule has 37 heavy (non-hydrogen) atoms. The Balaban J connectivity index is 1.52. The molecule has 2 aromatic rings. The first-order chi connectivity index (χ1) is 17.3. The van der Waals surface area contributed by atoms with Crippen molar-refractivity contribution >= 4 is 24.6 Å². The van der Waals surface area contributed by atoms with Crippen LogP contribution in [0.15, 0.2) is 24.4 Å². The molecule has 2 N–H and O–H groups in total. The van der Waals surface area contributed by atoms with Gasteiger partial charge in [-0.1, -0.05) is 32.0 Å². The van der Waals surface area contributed by atoms with Gasteiger partial charge in [-0.2, -0.15) is 0 Å². The van der Waals surface area contributed by atoms with Crippen LogP contribution in [0.3, 0.4) is 0 Å². The van der Waals surface area contributed by atoms with E-state index in [4.69, 9.17) is 14.0 Å². The second-order valence-corrected chi connectivity index (χ2v) is 11.4. The minimum Gasteiger partial charge on any atom is -0.453 e. The van der Waals surface area contributed by atoms with E-state index in [-0.39, 0.29) is 17.9 Å². The SMILES string of the molecule is COC(=O)N[C@H](C(=O)N1CCC[C@H]1c1ncc(-c2ccc(B3OC(C)(C)C(C)(C)O3)cc2C)[nH]1)C(C)C. The lowest BCUT2D eigenvalue weighted by molar-refractivity contribution is -0.135. The number of hydrogen-bond acceptors (Lipinski definition) is 6. The van der Waals surface area contributed by atoms with Crippen molar-refractivity contribution in [2.45, 2.75) is 84.6 Å². The molecule has 1 aromatic heterocycles. The highest BCUT2D eigenvalue weighted by molar-refractivity contribution is 6.62. The molecule has 9 nitrogen and oxygen atoms in total. The number of carbonyl (C=O) groups is 2. The molecule has 4 rings (SSSR count). The van der Waals surface area contributed by atoms with Crippen LogP contribution < -0.4 is 10.8 Å². The number of hydrogen-bond donors (Lipinski definition) is 2. The van der Waals surface area contributed by atoms with Gasteiger partial charge < -0.3 is 29.2 Å². The van der Waals surface area contributed by atoms with Crippen molar-refractivity contribution < 1.29 is 23.6 Å². The van der Waals surface area contributed by atoms with Crippen molar-refractivity contribution in [2.75, 3.05) is 13.7 Å². The fourth-order valence-electron chi connectivity index (χ4n) is 4.95. The molecular formula is C27H39BN4O5. The number of imidazole rings is 1. The van der Waals surface area contributed by atoms with Crippen molar-refractivity contribution in [3.8, 4) is 11.3 Å². The largest absolute Gasteiger partial charge is 0.494 e. The summed E-state index contributed by atoms with van der Waals surface area (Å²) in [5.41, 5.74) is 3.18. The summed E-state index contributed by atoms with van der Waals surface area (Å²) in [6, 6.07) is 5.34. The quantitative estimate of drug-likeness (QED) is 0.574. The van der Waals surface area contributed by atoms with E-state index in [0.717, 1.165) is 40.9 Å². The van der Waals surface area contributed by atoms with E-state index in [0.29, 0.717) is 6.54 Å². The van der Waals surface area contributed by atoms with Gasteiger partial charge in [-0.25, -0.2) is 9.78 Å². The van der Waals surface area contributed by atoms with E-state index in [1.807, 2.05) is 58.7 Å². The topological polar surface area (TPSA) is 106 Å². The number of H-pyrrole nitrogens is 1. The molecule has 0 saturated carbocycles. The molecule has 0 unspecified atom stereocenters. The number of methoxy groups -OCH3 is 1. The zero-order valence-electron chi connectivity index (χ0n) is 23.2. The summed E-state index contributed by atoms with van der Waals surface area (Å²) < 4.78 is 17.1. The maximum Gasteiger partial charge on any atom is 0.494 e. The summed E-state index contributed by atoms with van der Waals surface area (Å²) in [7, 11) is 0.880. The summed E-state index contributed by atoms with van der Waals surface area (Å²) in [6.07, 6.45) is 2.89. The van der Waals surface area contributed by atoms with Crippen molar-refractivity contribution in [1.82, 2.24) is 20.2 Å². The fraction of sp³-hybridized carbons (Fsp3) is 0.593. The van der Waals surface area contributed by atoms with Crippen LogP contribution in [0, 0.1) is 12.8 Å². The molecule has 3 heterocycles. The van der Waals surface area contributed by atoms with Crippen molar-refractivity contribution in [3.05, 3.63) is 35.8 Å². The predicted molar refractivity (Wildman–Crippen MR) is 142 cm³/mol. The van der Waals surface area contributed by atoms with Gasteiger partial charge in [-0.3, -0.25) is 4.79 Å². The monoisotopic (exact) mass is 510 g/mol. The highest BCUT2D eigenvalue weighted by atomic mass is 16.7. The Bertz CT molecular complexity index is 1150. The van der Waals surface area contributed by atoms with Gasteiger partial charge in [0.15, 0.2) is 0 Å². The van der Waals surface area contributed by atoms with Gasteiger partial charge in [0.2, 0.25) is 5.91 Å². The number of nitrogens with zero attached hydrogens (tertiary/aromatic N) is 2. The summed E-state index contributed by atoms with van der Waals surface area (Å²) in [4.78, 5) is 35.1. The molecule has 0 spiro atoms. The van der Waals surface area contributed by atoms with Crippen LogP contribution in [0.1, 0.15) is 71.8 Å². The molecule has 200 valence electrons. The number of likely N-dealkylation sites (tertiary alicyclic amines) is 1. The van der Waals surface area contributed by atoms with Crippen molar-refractivity contribution in [2.24, 2.45) is 5.92 Å². The molecule has 10 heteroatoms.